The van der Waals surface area contributed by atoms with Crippen molar-refractivity contribution in [3.63, 3.8) is 0 Å². The van der Waals surface area contributed by atoms with E-state index in [9.17, 15) is 19.5 Å². The predicted molar refractivity (Wildman–Crippen MR) is 136 cm³/mol. The van der Waals surface area contributed by atoms with Crippen LogP contribution >= 0.6 is 11.6 Å². The Kier molecular flexibility index (Phi) is 6.71. The highest BCUT2D eigenvalue weighted by Crippen LogP contribution is 2.51. The van der Waals surface area contributed by atoms with Gasteiger partial charge in [0.2, 0.25) is 0 Å². The summed E-state index contributed by atoms with van der Waals surface area (Å²) in [5, 5.41) is 10.1. The second kappa shape index (κ2) is 9.94. The van der Waals surface area contributed by atoms with Gasteiger partial charge in [-0.05, 0) is 56.4 Å². The lowest BCUT2D eigenvalue weighted by molar-refractivity contribution is -0.138. The second-order valence-electron chi connectivity index (χ2n) is 9.64. The predicted octanol–water partition coefficient (Wildman–Crippen LogP) is 5.73. The molecule has 2 aromatic carbocycles. The SMILES string of the molecule is Cc1ccc(COc2ccc(Cl)cc2C2C3=C(CCCC3=O)N(CC(=O)O)C3=C2C(=O)CCC3)cc1. The largest absolute Gasteiger partial charge is 0.489 e. The van der Waals surface area contributed by atoms with E-state index in [2.05, 4.69) is 0 Å². The molecule has 0 spiro atoms. The van der Waals surface area contributed by atoms with Crippen LogP contribution in [-0.2, 0) is 21.0 Å². The van der Waals surface area contributed by atoms with Crippen LogP contribution < -0.4 is 4.74 Å². The van der Waals surface area contributed by atoms with Gasteiger partial charge in [0.05, 0.1) is 0 Å². The maximum absolute atomic E-state index is 13.4. The number of benzene rings is 2. The van der Waals surface area contributed by atoms with Crippen LogP contribution in [0.2, 0.25) is 5.02 Å². The van der Waals surface area contributed by atoms with E-state index in [0.717, 1.165) is 22.5 Å². The Morgan fingerprint density at radius 2 is 1.58 bits per heavy atom. The van der Waals surface area contributed by atoms with Gasteiger partial charge in [-0.25, -0.2) is 0 Å². The summed E-state index contributed by atoms with van der Waals surface area (Å²) in [4.78, 5) is 40.3. The number of halogens is 1. The molecule has 0 aromatic heterocycles. The van der Waals surface area contributed by atoms with Crippen molar-refractivity contribution in [3.05, 3.63) is 86.7 Å². The third kappa shape index (κ3) is 4.58. The number of carbonyl (C=O) groups is 3. The molecule has 2 aliphatic carbocycles. The first-order chi connectivity index (χ1) is 17.3. The average molecular weight is 506 g/mol. The van der Waals surface area contributed by atoms with Crippen molar-refractivity contribution in [1.29, 1.82) is 0 Å². The van der Waals surface area contributed by atoms with Crippen LogP contribution in [0, 0.1) is 6.92 Å². The smallest absolute Gasteiger partial charge is 0.323 e. The number of hydrogen-bond acceptors (Lipinski definition) is 5. The van der Waals surface area contributed by atoms with E-state index in [-0.39, 0.29) is 18.1 Å². The van der Waals surface area contributed by atoms with Gasteiger partial charge >= 0.3 is 5.97 Å². The number of aryl methyl sites for hydroxylation is 1. The number of hydrogen-bond donors (Lipinski definition) is 1. The highest BCUT2D eigenvalue weighted by Gasteiger charge is 2.44. The number of carboxylic acids is 1. The Morgan fingerprint density at radius 1 is 0.972 bits per heavy atom. The molecule has 0 radical (unpaired) electrons. The minimum absolute atomic E-state index is 0.0500. The van der Waals surface area contributed by atoms with Crippen molar-refractivity contribution in [2.45, 2.75) is 58.0 Å². The van der Waals surface area contributed by atoms with Gasteiger partial charge in [-0.3, -0.25) is 14.4 Å². The summed E-state index contributed by atoms with van der Waals surface area (Å²) >= 11 is 6.45. The van der Waals surface area contributed by atoms with Crippen LogP contribution in [0.15, 0.2) is 65.0 Å². The van der Waals surface area contributed by atoms with Crippen molar-refractivity contribution >= 4 is 29.1 Å². The lowest BCUT2D eigenvalue weighted by Gasteiger charge is -2.43. The first-order valence-corrected chi connectivity index (χ1v) is 12.7. The van der Waals surface area contributed by atoms with E-state index < -0.39 is 11.9 Å². The molecule has 0 bridgehead atoms. The molecular formula is C29H28ClNO5. The normalized spacial score (nSPS) is 18.3. The molecule has 36 heavy (non-hydrogen) atoms. The minimum Gasteiger partial charge on any atom is -0.489 e. The first-order valence-electron chi connectivity index (χ1n) is 12.3. The average Bonchev–Trinajstić information content (AvgIpc) is 2.85. The van der Waals surface area contributed by atoms with Gasteiger partial charge in [-0.2, -0.15) is 0 Å². The molecule has 0 atom stereocenters. The molecular weight excluding hydrogens is 478 g/mol. The summed E-state index contributed by atoms with van der Waals surface area (Å²) < 4.78 is 6.26. The third-order valence-corrected chi connectivity index (χ3v) is 7.41. The lowest BCUT2D eigenvalue weighted by Crippen LogP contribution is -2.41. The van der Waals surface area contributed by atoms with Gasteiger partial charge in [0.15, 0.2) is 11.6 Å². The number of rotatable bonds is 6. The van der Waals surface area contributed by atoms with Crippen molar-refractivity contribution in [3.8, 4) is 5.75 Å². The topological polar surface area (TPSA) is 83.9 Å². The molecule has 1 N–H and O–H groups in total. The molecule has 3 aliphatic rings. The van der Waals surface area contributed by atoms with Crippen molar-refractivity contribution < 1.29 is 24.2 Å². The monoisotopic (exact) mass is 505 g/mol. The number of Topliss-reactive ketones (excluding diaryl/α,β-unsaturated/α-hetero) is 2. The van der Waals surface area contributed by atoms with E-state index in [1.54, 1.807) is 23.1 Å². The highest BCUT2D eigenvalue weighted by atomic mass is 35.5. The molecule has 0 saturated heterocycles. The van der Waals surface area contributed by atoms with Gasteiger partial charge in [0.1, 0.15) is 18.9 Å². The molecule has 1 aliphatic heterocycles. The van der Waals surface area contributed by atoms with Crippen LogP contribution in [0.4, 0.5) is 0 Å². The molecule has 186 valence electrons. The molecule has 5 rings (SSSR count). The maximum atomic E-state index is 13.4. The van der Waals surface area contributed by atoms with Crippen LogP contribution in [0.1, 0.15) is 61.1 Å². The Labute approximate surface area is 215 Å². The van der Waals surface area contributed by atoms with Crippen LogP contribution in [0.3, 0.4) is 0 Å². The third-order valence-electron chi connectivity index (χ3n) is 7.18. The molecule has 7 heteroatoms. The lowest BCUT2D eigenvalue weighted by atomic mass is 9.70. The minimum atomic E-state index is -0.993. The number of carbonyl (C=O) groups excluding carboxylic acids is 2. The summed E-state index contributed by atoms with van der Waals surface area (Å²) in [6.07, 6.45) is 3.24. The van der Waals surface area contributed by atoms with Gasteiger partial charge in [-0.15, -0.1) is 0 Å². The van der Waals surface area contributed by atoms with E-state index >= 15 is 0 Å². The van der Waals surface area contributed by atoms with Gasteiger partial charge in [-0.1, -0.05) is 41.4 Å². The highest BCUT2D eigenvalue weighted by molar-refractivity contribution is 6.30. The van der Waals surface area contributed by atoms with Crippen molar-refractivity contribution in [1.82, 2.24) is 4.90 Å². The van der Waals surface area contributed by atoms with Gasteiger partial charge < -0.3 is 14.7 Å². The quantitative estimate of drug-likeness (QED) is 0.540. The standard InChI is InChI=1S/C29H28ClNO5/c1-17-8-10-18(11-9-17)16-36-25-13-12-19(30)14-20(25)27-28-21(4-2-6-23(28)32)31(15-26(34)35)22-5-3-7-24(33)29(22)27/h8-14,27H,2-7,15-16H2,1H3,(H,34,35). The number of aliphatic carboxylic acids is 1. The van der Waals surface area contributed by atoms with Crippen LogP contribution in [-0.4, -0.2) is 34.1 Å². The number of nitrogens with zero attached hydrogens (tertiary/aromatic N) is 1. The fourth-order valence-electron chi connectivity index (χ4n) is 5.58. The van der Waals surface area contributed by atoms with Crippen LogP contribution in [0.25, 0.3) is 0 Å². The van der Waals surface area contributed by atoms with Gasteiger partial charge in [0, 0.05) is 51.9 Å². The molecule has 0 fully saturated rings. The summed E-state index contributed by atoms with van der Waals surface area (Å²) in [6.45, 7) is 2.08. The Balaban J connectivity index is 1.65. The Morgan fingerprint density at radius 3 is 2.17 bits per heavy atom. The number of allylic oxidation sites excluding steroid dienone is 4. The number of ether oxygens (including phenoxy) is 1. The van der Waals surface area contributed by atoms with E-state index in [1.165, 1.54) is 0 Å². The molecule has 2 aromatic rings. The molecule has 6 nitrogen and oxygen atoms in total. The van der Waals surface area contributed by atoms with E-state index in [4.69, 9.17) is 16.3 Å². The zero-order chi connectivity index (χ0) is 25.4. The zero-order valence-electron chi connectivity index (χ0n) is 20.2. The summed E-state index contributed by atoms with van der Waals surface area (Å²) in [6, 6.07) is 13.4. The van der Waals surface area contributed by atoms with E-state index in [1.807, 2.05) is 31.2 Å². The molecule has 0 saturated carbocycles. The molecule has 0 unspecified atom stereocenters. The first kappa shape index (κ1) is 24.3. The molecule has 1 heterocycles. The maximum Gasteiger partial charge on any atom is 0.323 e. The Bertz CT molecular complexity index is 1260. The number of carboxylic acid groups (broad SMARTS) is 1. The van der Waals surface area contributed by atoms with Crippen LogP contribution in [0.5, 0.6) is 5.75 Å². The van der Waals surface area contributed by atoms with Crippen molar-refractivity contribution in [2.24, 2.45) is 0 Å². The summed E-state index contributed by atoms with van der Waals surface area (Å²) in [5.74, 6) is -1.15. The van der Waals surface area contributed by atoms with Gasteiger partial charge in [0.25, 0.3) is 0 Å². The van der Waals surface area contributed by atoms with Crippen molar-refractivity contribution in [2.75, 3.05) is 6.54 Å². The summed E-state index contributed by atoms with van der Waals surface area (Å²) in [7, 11) is 0. The summed E-state index contributed by atoms with van der Waals surface area (Å²) in [5.41, 5.74) is 5.30. The fraction of sp³-hybridized carbons (Fsp3) is 0.345. The second-order valence-corrected chi connectivity index (χ2v) is 10.1. The number of ketones is 2. The zero-order valence-corrected chi connectivity index (χ0v) is 20.9. The Hall–Kier alpha value is -3.38. The molecule has 0 amide bonds. The van der Waals surface area contributed by atoms with E-state index in [0.29, 0.717) is 72.6 Å². The fourth-order valence-corrected chi connectivity index (χ4v) is 5.76.